The van der Waals surface area contributed by atoms with E-state index in [1.165, 1.54) is 31.3 Å². The molecule has 0 aliphatic rings. The van der Waals surface area contributed by atoms with Crippen molar-refractivity contribution >= 4 is 42.8 Å². The standard InChI is InChI=1S/C36H36N2OS2/c1-22-30(39-26-10-8-9-24(18-26)29-19-25(13-15-37-29)36(5,6)7)20-32(40-22)33-34-28(14-16-38-33)27-12-11-23(17-31(27)41-34)21-35(2,3)4/h8-20H,21H2,1-7H3. The fraction of sp³-hybridized carbons (Fsp3) is 0.278. The molecule has 2 aromatic carbocycles. The lowest BCUT2D eigenvalue weighted by atomic mass is 9.87. The van der Waals surface area contributed by atoms with Crippen molar-refractivity contribution in [3.63, 3.8) is 0 Å². The molecule has 0 atom stereocenters. The van der Waals surface area contributed by atoms with Gasteiger partial charge >= 0.3 is 0 Å². The first-order valence-electron chi connectivity index (χ1n) is 14.1. The summed E-state index contributed by atoms with van der Waals surface area (Å²) in [5.41, 5.74) is 6.00. The maximum atomic E-state index is 6.46. The van der Waals surface area contributed by atoms with Crippen molar-refractivity contribution < 1.29 is 4.74 Å². The second-order valence-electron chi connectivity index (χ2n) is 13.0. The summed E-state index contributed by atoms with van der Waals surface area (Å²) < 4.78 is 9.01. The second-order valence-corrected chi connectivity index (χ2v) is 15.4. The monoisotopic (exact) mass is 576 g/mol. The summed E-state index contributed by atoms with van der Waals surface area (Å²) in [7, 11) is 0. The molecule has 0 fully saturated rings. The molecule has 5 heteroatoms. The van der Waals surface area contributed by atoms with E-state index in [0.717, 1.165) is 44.6 Å². The van der Waals surface area contributed by atoms with Crippen LogP contribution in [-0.4, -0.2) is 9.97 Å². The summed E-state index contributed by atoms with van der Waals surface area (Å²) in [6.45, 7) is 15.7. The molecule has 0 aliphatic carbocycles. The third-order valence-corrected chi connectivity index (χ3v) is 9.49. The first-order chi connectivity index (χ1) is 19.4. The highest BCUT2D eigenvalue weighted by atomic mass is 32.1. The highest BCUT2D eigenvalue weighted by Gasteiger charge is 2.18. The molecule has 4 aromatic heterocycles. The number of hydrogen-bond donors (Lipinski definition) is 0. The van der Waals surface area contributed by atoms with Gasteiger partial charge in [-0.3, -0.25) is 9.97 Å². The van der Waals surface area contributed by atoms with Crippen molar-refractivity contribution in [2.24, 2.45) is 5.41 Å². The van der Waals surface area contributed by atoms with E-state index < -0.39 is 0 Å². The van der Waals surface area contributed by atoms with Crippen LogP contribution in [0.3, 0.4) is 0 Å². The van der Waals surface area contributed by atoms with Gasteiger partial charge < -0.3 is 4.74 Å². The van der Waals surface area contributed by atoms with Gasteiger partial charge in [0.25, 0.3) is 0 Å². The van der Waals surface area contributed by atoms with Crippen LogP contribution in [0.2, 0.25) is 0 Å². The maximum absolute atomic E-state index is 6.46. The number of benzene rings is 2. The number of aryl methyl sites for hydroxylation is 1. The molecular formula is C36H36N2OS2. The molecule has 0 unspecified atom stereocenters. The Morgan fingerprint density at radius 1 is 0.780 bits per heavy atom. The van der Waals surface area contributed by atoms with Crippen LogP contribution in [0.15, 0.2) is 79.1 Å². The SMILES string of the molecule is Cc1sc(-c2nccc3c2sc2cc(CC(C)(C)C)ccc23)cc1Oc1cccc(-c2cc(C(C)(C)C)ccn2)c1. The lowest BCUT2D eigenvalue weighted by Crippen LogP contribution is -2.11. The Morgan fingerprint density at radius 3 is 2.37 bits per heavy atom. The first kappa shape index (κ1) is 27.6. The lowest BCUT2D eigenvalue weighted by Gasteiger charge is -2.19. The van der Waals surface area contributed by atoms with E-state index in [-0.39, 0.29) is 10.8 Å². The van der Waals surface area contributed by atoms with Gasteiger partial charge in [-0.15, -0.1) is 22.7 Å². The molecule has 0 saturated heterocycles. The molecule has 0 N–H and O–H groups in total. The Morgan fingerprint density at radius 2 is 1.59 bits per heavy atom. The second kappa shape index (κ2) is 10.4. The van der Waals surface area contributed by atoms with Gasteiger partial charge in [-0.2, -0.15) is 0 Å². The Balaban J connectivity index is 1.32. The van der Waals surface area contributed by atoms with Crippen LogP contribution >= 0.6 is 22.7 Å². The predicted octanol–water partition coefficient (Wildman–Crippen LogP) is 11.2. The van der Waals surface area contributed by atoms with Crippen molar-refractivity contribution in [3.05, 3.63) is 95.1 Å². The van der Waals surface area contributed by atoms with Crippen LogP contribution in [0.5, 0.6) is 11.5 Å². The molecule has 0 radical (unpaired) electrons. The fourth-order valence-corrected chi connectivity index (χ4v) is 7.51. The van der Waals surface area contributed by atoms with Gasteiger partial charge in [-0.1, -0.05) is 65.8 Å². The van der Waals surface area contributed by atoms with Gasteiger partial charge in [0.05, 0.1) is 21.0 Å². The Hall–Kier alpha value is -3.54. The molecule has 3 nitrogen and oxygen atoms in total. The summed E-state index contributed by atoms with van der Waals surface area (Å²) in [6.07, 6.45) is 4.89. The Bertz CT molecular complexity index is 1880. The molecule has 4 heterocycles. The first-order valence-corrected chi connectivity index (χ1v) is 15.7. The summed E-state index contributed by atoms with van der Waals surface area (Å²) in [5.74, 6) is 1.67. The van der Waals surface area contributed by atoms with Crippen LogP contribution < -0.4 is 4.74 Å². The number of thiophene rings is 2. The van der Waals surface area contributed by atoms with E-state index in [1.807, 2.05) is 35.9 Å². The van der Waals surface area contributed by atoms with Gasteiger partial charge in [0.2, 0.25) is 0 Å². The van der Waals surface area contributed by atoms with Gasteiger partial charge in [0.15, 0.2) is 0 Å². The van der Waals surface area contributed by atoms with Gasteiger partial charge in [0.1, 0.15) is 11.5 Å². The zero-order valence-corrected chi connectivity index (χ0v) is 26.5. The molecule has 0 spiro atoms. The predicted molar refractivity (Wildman–Crippen MR) is 177 cm³/mol. The summed E-state index contributed by atoms with van der Waals surface area (Å²) >= 11 is 3.58. The molecule has 41 heavy (non-hydrogen) atoms. The van der Waals surface area contributed by atoms with E-state index in [9.17, 15) is 0 Å². The minimum atomic E-state index is 0.0655. The zero-order valence-electron chi connectivity index (χ0n) is 24.8. The smallest absolute Gasteiger partial charge is 0.141 e. The van der Waals surface area contributed by atoms with E-state index >= 15 is 0 Å². The molecule has 0 saturated carbocycles. The number of rotatable bonds is 5. The number of pyridine rings is 2. The average molecular weight is 577 g/mol. The van der Waals surface area contributed by atoms with Crippen LogP contribution in [0.4, 0.5) is 0 Å². The molecule has 0 amide bonds. The Labute approximate surface area is 250 Å². The minimum Gasteiger partial charge on any atom is -0.456 e. The normalized spacial score (nSPS) is 12.4. The number of aromatic nitrogens is 2. The maximum Gasteiger partial charge on any atom is 0.141 e. The van der Waals surface area contributed by atoms with Gasteiger partial charge in [0, 0.05) is 44.4 Å². The van der Waals surface area contributed by atoms with Crippen LogP contribution in [0.1, 0.15) is 57.5 Å². The van der Waals surface area contributed by atoms with Crippen molar-refractivity contribution in [1.82, 2.24) is 9.97 Å². The number of ether oxygens (including phenoxy) is 1. The third kappa shape index (κ3) is 5.79. The van der Waals surface area contributed by atoms with Crippen molar-refractivity contribution in [3.8, 4) is 33.3 Å². The van der Waals surface area contributed by atoms with Crippen LogP contribution in [-0.2, 0) is 11.8 Å². The van der Waals surface area contributed by atoms with Gasteiger partial charge in [-0.25, -0.2) is 0 Å². The quantitative estimate of drug-likeness (QED) is 0.205. The van der Waals surface area contributed by atoms with Crippen molar-refractivity contribution in [2.75, 3.05) is 0 Å². The lowest BCUT2D eigenvalue weighted by molar-refractivity contribution is 0.411. The highest BCUT2D eigenvalue weighted by Crippen LogP contribution is 2.44. The topological polar surface area (TPSA) is 35.0 Å². The molecule has 208 valence electrons. The fourth-order valence-electron chi connectivity index (χ4n) is 5.23. The van der Waals surface area contributed by atoms with Crippen molar-refractivity contribution in [1.29, 1.82) is 0 Å². The van der Waals surface area contributed by atoms with E-state index in [0.29, 0.717) is 0 Å². The number of fused-ring (bicyclic) bond motifs is 3. The molecular weight excluding hydrogens is 541 g/mol. The molecule has 6 aromatic rings. The summed E-state index contributed by atoms with van der Waals surface area (Å²) in [4.78, 5) is 11.8. The number of hydrogen-bond acceptors (Lipinski definition) is 5. The average Bonchev–Trinajstić information content (AvgIpc) is 3.47. The molecule has 0 aliphatic heterocycles. The number of nitrogens with zero attached hydrogens (tertiary/aromatic N) is 2. The molecule has 6 rings (SSSR count). The van der Waals surface area contributed by atoms with Gasteiger partial charge in [-0.05, 0) is 71.7 Å². The third-order valence-electron chi connectivity index (χ3n) is 7.28. The Kier molecular flexibility index (Phi) is 6.99. The highest BCUT2D eigenvalue weighted by molar-refractivity contribution is 7.26. The van der Waals surface area contributed by atoms with E-state index in [4.69, 9.17) is 9.72 Å². The zero-order chi connectivity index (χ0) is 28.9. The van der Waals surface area contributed by atoms with E-state index in [1.54, 1.807) is 11.3 Å². The largest absolute Gasteiger partial charge is 0.456 e. The van der Waals surface area contributed by atoms with Crippen LogP contribution in [0, 0.1) is 12.3 Å². The summed E-state index contributed by atoms with van der Waals surface area (Å²) in [5, 5.41) is 2.57. The molecule has 0 bridgehead atoms. The van der Waals surface area contributed by atoms with Crippen molar-refractivity contribution in [2.45, 2.75) is 60.3 Å². The minimum absolute atomic E-state index is 0.0655. The van der Waals surface area contributed by atoms with E-state index in [2.05, 4.69) is 108 Å². The van der Waals surface area contributed by atoms with Crippen LogP contribution in [0.25, 0.3) is 42.0 Å². The summed E-state index contributed by atoms with van der Waals surface area (Å²) in [6, 6.07) is 23.7.